The molecule has 0 amide bonds. The van der Waals surface area contributed by atoms with E-state index in [-0.39, 0.29) is 47.8 Å². The third kappa shape index (κ3) is 4.64. The van der Waals surface area contributed by atoms with E-state index >= 15 is 0 Å². The summed E-state index contributed by atoms with van der Waals surface area (Å²) >= 11 is 0. The molecule has 4 bridgehead atoms. The average Bonchev–Trinajstić information content (AvgIpc) is 3.44. The lowest BCUT2D eigenvalue weighted by Gasteiger charge is -2.49. The summed E-state index contributed by atoms with van der Waals surface area (Å²) in [6.45, 7) is 16.7. The molecule has 12 atom stereocenters. The van der Waals surface area contributed by atoms with Crippen molar-refractivity contribution in [3.8, 4) is 0 Å². The molecule has 208 valence electrons. The molecule has 0 radical (unpaired) electrons. The SMILES string of the molecule is C=C1O[C@H]([C@@H](C)O)[C@H](C)/C=C(\C)[C@]23O[C@@H]4[C@H](C=C[C@@H]2C[C@@H]1OC)[C@H]3[C@H](O)C(C)[C@@H]4NCCN1CCCC1. The Hall–Kier alpha value is -1.22. The largest absolute Gasteiger partial charge is 0.489 e. The standard InChI is InChI=1S/C30H48N2O5/c1-17-15-18(2)30-22(16-24(35-6)21(5)36-28(17)20(4)33)9-10-23-25(30)27(34)19(3)26(29(23)37-30)31-11-14-32-12-7-8-13-32/h9-10,15,17,19-20,22-29,31,33-34H,5,7-8,11-14,16H2,1-4,6H3/b18-15+/t17-,19?,20-,22-,23-,24+,25+,26+,27-,28+,29-,30+/m1/s1. The Morgan fingerprint density at radius 3 is 2.68 bits per heavy atom. The molecule has 3 fully saturated rings. The molecular formula is C30H48N2O5. The van der Waals surface area contributed by atoms with Gasteiger partial charge in [-0.2, -0.15) is 0 Å². The van der Waals surface area contributed by atoms with Gasteiger partial charge in [-0.3, -0.25) is 0 Å². The number of hydrogen-bond acceptors (Lipinski definition) is 7. The predicted octanol–water partition coefficient (Wildman–Crippen LogP) is 2.89. The molecule has 0 aromatic carbocycles. The monoisotopic (exact) mass is 516 g/mol. The first kappa shape index (κ1) is 27.4. The van der Waals surface area contributed by atoms with E-state index < -0.39 is 23.9 Å². The lowest BCUT2D eigenvalue weighted by atomic mass is 9.57. The molecule has 7 heteroatoms. The second kappa shape index (κ2) is 10.7. The summed E-state index contributed by atoms with van der Waals surface area (Å²) < 4.78 is 19.3. The van der Waals surface area contributed by atoms with E-state index in [0.717, 1.165) is 18.7 Å². The third-order valence-electron chi connectivity index (χ3n) is 10.1. The number of aliphatic hydroxyl groups excluding tert-OH is 2. The summed E-state index contributed by atoms with van der Waals surface area (Å²) in [4.78, 5) is 2.52. The summed E-state index contributed by atoms with van der Waals surface area (Å²) in [6.07, 6.45) is 8.09. The van der Waals surface area contributed by atoms with Crippen molar-refractivity contribution < 1.29 is 24.4 Å². The van der Waals surface area contributed by atoms with E-state index in [2.05, 4.69) is 55.8 Å². The van der Waals surface area contributed by atoms with Gasteiger partial charge in [0.1, 0.15) is 23.6 Å². The summed E-state index contributed by atoms with van der Waals surface area (Å²) in [7, 11) is 1.68. The van der Waals surface area contributed by atoms with E-state index in [1.807, 2.05) is 0 Å². The van der Waals surface area contributed by atoms with Crippen molar-refractivity contribution in [3.63, 3.8) is 0 Å². The maximum Gasteiger partial charge on any atom is 0.130 e. The molecule has 1 spiro atoms. The van der Waals surface area contributed by atoms with Crippen LogP contribution in [-0.4, -0.2) is 90.6 Å². The van der Waals surface area contributed by atoms with Gasteiger partial charge < -0.3 is 34.6 Å². The van der Waals surface area contributed by atoms with E-state index in [1.165, 1.54) is 25.9 Å². The molecule has 0 aromatic heterocycles. The van der Waals surface area contributed by atoms with Crippen LogP contribution in [0.15, 0.2) is 36.1 Å². The smallest absolute Gasteiger partial charge is 0.130 e. The predicted molar refractivity (Wildman–Crippen MR) is 144 cm³/mol. The molecule has 37 heavy (non-hydrogen) atoms. The molecule has 5 aliphatic rings. The molecule has 3 N–H and O–H groups in total. The van der Waals surface area contributed by atoms with Gasteiger partial charge in [0.15, 0.2) is 0 Å². The van der Waals surface area contributed by atoms with Crippen molar-refractivity contribution in [2.24, 2.45) is 29.6 Å². The summed E-state index contributed by atoms with van der Waals surface area (Å²) in [5.74, 6) is 0.689. The van der Waals surface area contributed by atoms with E-state index in [9.17, 15) is 10.2 Å². The Morgan fingerprint density at radius 2 is 2.00 bits per heavy atom. The Labute approximate surface area is 222 Å². The highest BCUT2D eigenvalue weighted by atomic mass is 16.5. The molecule has 2 saturated heterocycles. The van der Waals surface area contributed by atoms with Crippen LogP contribution in [0.1, 0.15) is 47.0 Å². The number of aliphatic hydroxyl groups is 2. The number of likely N-dealkylation sites (tertiary alicyclic amines) is 1. The van der Waals surface area contributed by atoms with Crippen molar-refractivity contribution in [2.45, 2.75) is 89.1 Å². The first-order valence-electron chi connectivity index (χ1n) is 14.4. The highest BCUT2D eigenvalue weighted by Gasteiger charge is 2.68. The number of nitrogens with one attached hydrogen (secondary N) is 1. The Bertz CT molecular complexity index is 898. The molecule has 5 rings (SSSR count). The normalized spacial score (nSPS) is 48.2. The fourth-order valence-electron chi connectivity index (χ4n) is 8.18. The molecule has 2 aliphatic carbocycles. The summed E-state index contributed by atoms with van der Waals surface area (Å²) in [5.41, 5.74) is 0.488. The fraction of sp³-hybridized carbons (Fsp3) is 0.800. The molecule has 7 nitrogen and oxygen atoms in total. The van der Waals surface area contributed by atoms with Crippen molar-refractivity contribution >= 4 is 0 Å². The maximum absolute atomic E-state index is 11.9. The fourth-order valence-corrected chi connectivity index (χ4v) is 8.18. The minimum atomic E-state index is -0.668. The zero-order valence-corrected chi connectivity index (χ0v) is 23.3. The van der Waals surface area contributed by atoms with Crippen molar-refractivity contribution in [1.82, 2.24) is 10.2 Å². The number of nitrogens with zero attached hydrogens (tertiary/aromatic N) is 1. The van der Waals surface area contributed by atoms with Crippen LogP contribution in [0.4, 0.5) is 0 Å². The van der Waals surface area contributed by atoms with Crippen molar-refractivity contribution in [2.75, 3.05) is 33.3 Å². The molecular weight excluding hydrogens is 468 g/mol. The van der Waals surface area contributed by atoms with Crippen LogP contribution in [-0.2, 0) is 14.2 Å². The van der Waals surface area contributed by atoms with Crippen LogP contribution in [0.3, 0.4) is 0 Å². The van der Waals surface area contributed by atoms with Crippen LogP contribution in [0.5, 0.6) is 0 Å². The Morgan fingerprint density at radius 1 is 1.27 bits per heavy atom. The van der Waals surface area contributed by atoms with Crippen LogP contribution >= 0.6 is 0 Å². The van der Waals surface area contributed by atoms with Gasteiger partial charge >= 0.3 is 0 Å². The van der Waals surface area contributed by atoms with Gasteiger partial charge in [0.2, 0.25) is 0 Å². The highest BCUT2D eigenvalue weighted by Crippen LogP contribution is 2.60. The minimum Gasteiger partial charge on any atom is -0.489 e. The number of hydrogen-bond donors (Lipinski definition) is 3. The minimum absolute atomic E-state index is 0.00201. The highest BCUT2D eigenvalue weighted by molar-refractivity contribution is 5.35. The van der Waals surface area contributed by atoms with Gasteiger partial charge in [-0.25, -0.2) is 0 Å². The van der Waals surface area contributed by atoms with Gasteiger partial charge in [-0.1, -0.05) is 38.7 Å². The van der Waals surface area contributed by atoms with Gasteiger partial charge in [-0.05, 0) is 51.8 Å². The Balaban J connectivity index is 1.49. The van der Waals surface area contributed by atoms with Gasteiger partial charge in [0.05, 0.1) is 18.3 Å². The molecule has 3 heterocycles. The quantitative estimate of drug-likeness (QED) is 0.468. The zero-order valence-electron chi connectivity index (χ0n) is 23.3. The third-order valence-corrected chi connectivity index (χ3v) is 10.1. The van der Waals surface area contributed by atoms with Gasteiger partial charge in [0, 0.05) is 55.8 Å². The van der Waals surface area contributed by atoms with E-state index in [1.54, 1.807) is 14.0 Å². The van der Waals surface area contributed by atoms with Gasteiger partial charge in [0.25, 0.3) is 0 Å². The topological polar surface area (TPSA) is 83.4 Å². The number of rotatable bonds is 6. The number of ether oxygens (including phenoxy) is 3. The lowest BCUT2D eigenvalue weighted by Crippen LogP contribution is -2.59. The Kier molecular flexibility index (Phi) is 7.94. The summed E-state index contributed by atoms with van der Waals surface area (Å²) in [6, 6.07) is 0.0870. The zero-order chi connectivity index (χ0) is 26.5. The van der Waals surface area contributed by atoms with Crippen molar-refractivity contribution in [3.05, 3.63) is 36.1 Å². The maximum atomic E-state index is 11.9. The van der Waals surface area contributed by atoms with Crippen LogP contribution in [0.25, 0.3) is 0 Å². The van der Waals surface area contributed by atoms with Crippen molar-refractivity contribution in [1.29, 1.82) is 0 Å². The molecule has 1 saturated carbocycles. The van der Waals surface area contributed by atoms with Crippen LogP contribution < -0.4 is 5.32 Å². The summed E-state index contributed by atoms with van der Waals surface area (Å²) in [5, 5.41) is 26.2. The average molecular weight is 517 g/mol. The molecule has 3 aliphatic heterocycles. The first-order valence-corrected chi connectivity index (χ1v) is 14.4. The molecule has 0 aromatic rings. The second-order valence-corrected chi connectivity index (χ2v) is 12.3. The lowest BCUT2D eigenvalue weighted by molar-refractivity contribution is -0.0899. The molecule has 1 unspecified atom stereocenters. The van der Waals surface area contributed by atoms with E-state index in [0.29, 0.717) is 12.2 Å². The van der Waals surface area contributed by atoms with Crippen LogP contribution in [0.2, 0.25) is 0 Å². The van der Waals surface area contributed by atoms with E-state index in [4.69, 9.17) is 14.2 Å². The van der Waals surface area contributed by atoms with Crippen LogP contribution in [0, 0.1) is 29.6 Å². The second-order valence-electron chi connectivity index (χ2n) is 12.3. The number of methoxy groups -OCH3 is 1. The first-order chi connectivity index (χ1) is 17.7. The van der Waals surface area contributed by atoms with Gasteiger partial charge in [-0.15, -0.1) is 0 Å².